The van der Waals surface area contributed by atoms with Crippen LogP contribution in [0, 0.1) is 0 Å². The molecule has 3 aromatic rings. The summed E-state index contributed by atoms with van der Waals surface area (Å²) in [6.07, 6.45) is 4.98. The van der Waals surface area contributed by atoms with Gasteiger partial charge in [-0.25, -0.2) is 4.98 Å². The number of piperidine rings is 1. The Kier molecular flexibility index (Phi) is 5.85. The summed E-state index contributed by atoms with van der Waals surface area (Å²) in [5.41, 5.74) is 3.00. The first-order valence-corrected chi connectivity index (χ1v) is 10.4. The number of pyridine rings is 1. The number of aliphatic hydroxyl groups is 1. The highest BCUT2D eigenvalue weighted by atomic mass is 16.3. The highest BCUT2D eigenvalue weighted by Gasteiger charge is 2.19. The van der Waals surface area contributed by atoms with E-state index in [1.54, 1.807) is 29.8 Å². The van der Waals surface area contributed by atoms with Crippen LogP contribution in [0.1, 0.15) is 36.7 Å². The van der Waals surface area contributed by atoms with Crippen molar-refractivity contribution in [2.75, 3.05) is 35.2 Å². The number of hydrogen-bond acceptors (Lipinski definition) is 6. The fraction of sp³-hybridized carbons (Fsp3) is 0.409. The molecule has 3 N–H and O–H groups in total. The van der Waals surface area contributed by atoms with E-state index in [0.717, 1.165) is 48.2 Å². The number of aromatic nitrogens is 3. The van der Waals surface area contributed by atoms with Crippen LogP contribution in [0.2, 0.25) is 0 Å². The third-order valence-electron chi connectivity index (χ3n) is 5.24. The lowest BCUT2D eigenvalue weighted by Crippen LogP contribution is -2.30. The van der Waals surface area contributed by atoms with Crippen LogP contribution in [0.5, 0.6) is 0 Å². The smallest absolute Gasteiger partial charge is 0.274 e. The molecule has 1 fully saturated rings. The monoisotopic (exact) mass is 408 g/mol. The van der Waals surface area contributed by atoms with Gasteiger partial charge in [0.2, 0.25) is 0 Å². The summed E-state index contributed by atoms with van der Waals surface area (Å²) in [6.45, 7) is 4.01. The molecule has 158 valence electrons. The van der Waals surface area contributed by atoms with Crippen LogP contribution in [0.25, 0.3) is 10.9 Å². The Labute approximate surface area is 175 Å². The Bertz CT molecular complexity index is 1040. The van der Waals surface area contributed by atoms with Gasteiger partial charge >= 0.3 is 0 Å². The van der Waals surface area contributed by atoms with E-state index in [-0.39, 0.29) is 5.91 Å². The van der Waals surface area contributed by atoms with Gasteiger partial charge in [0.05, 0.1) is 23.0 Å². The normalized spacial score (nSPS) is 15.2. The zero-order valence-electron chi connectivity index (χ0n) is 17.4. The largest absolute Gasteiger partial charge is 0.392 e. The van der Waals surface area contributed by atoms with Gasteiger partial charge in [-0.2, -0.15) is 5.10 Å². The summed E-state index contributed by atoms with van der Waals surface area (Å²) in [4.78, 5) is 19.7. The Hall–Kier alpha value is -3.13. The Morgan fingerprint density at radius 2 is 2.03 bits per heavy atom. The summed E-state index contributed by atoms with van der Waals surface area (Å²) < 4.78 is 1.79. The van der Waals surface area contributed by atoms with Crippen molar-refractivity contribution in [2.24, 2.45) is 7.05 Å². The number of nitrogens with one attached hydrogen (secondary N) is 2. The van der Waals surface area contributed by atoms with Gasteiger partial charge in [0.15, 0.2) is 0 Å². The third-order valence-corrected chi connectivity index (χ3v) is 5.24. The first-order valence-electron chi connectivity index (χ1n) is 10.4. The fourth-order valence-electron chi connectivity index (χ4n) is 3.78. The minimum atomic E-state index is -0.498. The molecular weight excluding hydrogens is 380 g/mol. The van der Waals surface area contributed by atoms with Gasteiger partial charge in [-0.05, 0) is 50.5 Å². The molecule has 1 aliphatic rings. The Balaban J connectivity index is 1.62. The number of aliphatic hydroxyl groups excluding tert-OH is 1. The molecule has 2 aromatic heterocycles. The molecule has 1 amide bonds. The van der Waals surface area contributed by atoms with Gasteiger partial charge in [0.1, 0.15) is 11.5 Å². The fourth-order valence-corrected chi connectivity index (χ4v) is 3.78. The maximum Gasteiger partial charge on any atom is 0.274 e. The van der Waals surface area contributed by atoms with E-state index in [0.29, 0.717) is 18.1 Å². The van der Waals surface area contributed by atoms with Crippen LogP contribution in [0.3, 0.4) is 0 Å². The molecule has 0 saturated carbocycles. The van der Waals surface area contributed by atoms with Gasteiger partial charge in [-0.15, -0.1) is 0 Å². The SMILES string of the molecule is CC(O)CNc1cccc(C(=O)Nc2cc3cn(C)nc3cc2N2CCCCC2)n1. The van der Waals surface area contributed by atoms with Crippen molar-refractivity contribution in [3.05, 3.63) is 42.2 Å². The molecule has 0 bridgehead atoms. The van der Waals surface area contributed by atoms with E-state index in [9.17, 15) is 9.90 Å². The predicted molar refractivity (Wildman–Crippen MR) is 119 cm³/mol. The number of hydrogen-bond donors (Lipinski definition) is 3. The molecule has 1 unspecified atom stereocenters. The summed E-state index contributed by atoms with van der Waals surface area (Å²) in [7, 11) is 1.90. The van der Waals surface area contributed by atoms with Gasteiger partial charge in [-0.1, -0.05) is 6.07 Å². The Morgan fingerprint density at radius 1 is 1.23 bits per heavy atom. The van der Waals surface area contributed by atoms with Crippen LogP contribution in [0.15, 0.2) is 36.5 Å². The molecule has 4 rings (SSSR count). The number of carbonyl (C=O) groups is 1. The second-order valence-corrected chi connectivity index (χ2v) is 7.87. The van der Waals surface area contributed by atoms with Gasteiger partial charge in [0.25, 0.3) is 5.91 Å². The average Bonchev–Trinajstić information content (AvgIpc) is 3.11. The lowest BCUT2D eigenvalue weighted by Gasteiger charge is -2.30. The number of anilines is 3. The molecule has 0 aliphatic carbocycles. The number of aryl methyl sites for hydroxylation is 1. The molecule has 30 heavy (non-hydrogen) atoms. The molecule has 1 aliphatic heterocycles. The maximum absolute atomic E-state index is 13.0. The maximum atomic E-state index is 13.0. The van der Waals surface area contributed by atoms with Crippen LogP contribution < -0.4 is 15.5 Å². The lowest BCUT2D eigenvalue weighted by atomic mass is 10.1. The molecule has 1 saturated heterocycles. The summed E-state index contributed by atoms with van der Waals surface area (Å²) in [6, 6.07) is 9.29. The summed E-state index contributed by atoms with van der Waals surface area (Å²) in [5, 5.41) is 21.1. The minimum absolute atomic E-state index is 0.266. The quantitative estimate of drug-likeness (QED) is 0.580. The van der Waals surface area contributed by atoms with Gasteiger partial charge < -0.3 is 20.6 Å². The van der Waals surface area contributed by atoms with Gasteiger partial charge in [-0.3, -0.25) is 9.48 Å². The lowest BCUT2D eigenvalue weighted by molar-refractivity contribution is 0.102. The Morgan fingerprint density at radius 3 is 2.80 bits per heavy atom. The van der Waals surface area contributed by atoms with Crippen molar-refractivity contribution < 1.29 is 9.90 Å². The molecule has 8 heteroatoms. The molecule has 0 radical (unpaired) electrons. The number of carbonyl (C=O) groups excluding carboxylic acids is 1. The number of rotatable bonds is 6. The van der Waals surface area contributed by atoms with E-state index in [1.165, 1.54) is 6.42 Å². The first kappa shape index (κ1) is 20.2. The van der Waals surface area contributed by atoms with Crippen LogP contribution in [-0.2, 0) is 7.05 Å². The molecule has 1 atom stereocenters. The van der Waals surface area contributed by atoms with Crippen LogP contribution >= 0.6 is 0 Å². The van der Waals surface area contributed by atoms with Crippen molar-refractivity contribution in [1.82, 2.24) is 14.8 Å². The number of amides is 1. The van der Waals surface area contributed by atoms with E-state index in [4.69, 9.17) is 0 Å². The molecule has 8 nitrogen and oxygen atoms in total. The minimum Gasteiger partial charge on any atom is -0.392 e. The second kappa shape index (κ2) is 8.71. The van der Waals surface area contributed by atoms with Crippen LogP contribution in [-0.4, -0.2) is 51.5 Å². The summed E-state index contributed by atoms with van der Waals surface area (Å²) in [5.74, 6) is 0.291. The highest BCUT2D eigenvalue weighted by molar-refractivity contribution is 6.06. The highest BCUT2D eigenvalue weighted by Crippen LogP contribution is 2.33. The molecule has 0 spiro atoms. The number of benzene rings is 1. The number of fused-ring (bicyclic) bond motifs is 1. The predicted octanol–water partition coefficient (Wildman–Crippen LogP) is 3.00. The van der Waals surface area contributed by atoms with E-state index >= 15 is 0 Å². The first-order chi connectivity index (χ1) is 14.5. The van der Waals surface area contributed by atoms with Crippen molar-refractivity contribution in [1.29, 1.82) is 0 Å². The van der Waals surface area contributed by atoms with Gasteiger partial charge in [0, 0.05) is 38.3 Å². The van der Waals surface area contributed by atoms with E-state index in [2.05, 4.69) is 31.7 Å². The van der Waals surface area contributed by atoms with E-state index in [1.807, 2.05) is 19.3 Å². The van der Waals surface area contributed by atoms with Crippen molar-refractivity contribution in [3.8, 4) is 0 Å². The molecule has 3 heterocycles. The topological polar surface area (TPSA) is 95.3 Å². The van der Waals surface area contributed by atoms with Crippen molar-refractivity contribution >= 4 is 34.0 Å². The number of nitrogens with zero attached hydrogens (tertiary/aromatic N) is 4. The molecular formula is C22H28N6O2. The van der Waals surface area contributed by atoms with E-state index < -0.39 is 6.10 Å². The molecule has 1 aromatic carbocycles. The van der Waals surface area contributed by atoms with Crippen molar-refractivity contribution in [3.63, 3.8) is 0 Å². The summed E-state index contributed by atoms with van der Waals surface area (Å²) >= 11 is 0. The van der Waals surface area contributed by atoms with Crippen LogP contribution in [0.4, 0.5) is 17.2 Å². The average molecular weight is 409 g/mol. The van der Waals surface area contributed by atoms with Crippen molar-refractivity contribution in [2.45, 2.75) is 32.3 Å². The zero-order chi connectivity index (χ0) is 21.1. The second-order valence-electron chi connectivity index (χ2n) is 7.87. The standard InChI is InChI=1S/C22H28N6O2/c1-15(29)13-23-21-8-6-7-17(24-21)22(30)25-19-11-16-14-27(2)26-18(16)12-20(19)28-9-4-3-5-10-28/h6-8,11-12,14-15,29H,3-5,9-10,13H2,1-2H3,(H,23,24)(H,25,30). The zero-order valence-corrected chi connectivity index (χ0v) is 17.4. The third kappa shape index (κ3) is 4.54.